The maximum Gasteiger partial charge on any atom is 0.308 e. The molecule has 1 amide bonds. The van der Waals surface area contributed by atoms with E-state index in [9.17, 15) is 9.59 Å². The Morgan fingerprint density at radius 1 is 1.22 bits per heavy atom. The van der Waals surface area contributed by atoms with E-state index < -0.39 is 5.60 Å². The van der Waals surface area contributed by atoms with Crippen LogP contribution >= 0.6 is 0 Å². The Balaban J connectivity index is 4.46. The molecule has 0 bridgehead atoms. The summed E-state index contributed by atoms with van der Waals surface area (Å²) >= 11 is 0. The third-order valence-corrected chi connectivity index (χ3v) is 2.47. The van der Waals surface area contributed by atoms with Crippen LogP contribution in [0.2, 0.25) is 0 Å². The predicted octanol–water partition coefficient (Wildman–Crippen LogP) is 0.918. The average molecular weight is 326 g/mol. The number of nitrogens with zero attached hydrogens (tertiary/aromatic N) is 2. The second kappa shape index (κ2) is 9.86. The van der Waals surface area contributed by atoms with Crippen molar-refractivity contribution in [3.8, 4) is 0 Å². The van der Waals surface area contributed by atoms with Gasteiger partial charge in [-0.15, -0.1) is 0 Å². The van der Waals surface area contributed by atoms with Crippen molar-refractivity contribution in [2.45, 2.75) is 39.7 Å². The van der Waals surface area contributed by atoms with Gasteiger partial charge >= 0.3 is 5.97 Å². The quantitative estimate of drug-likeness (QED) is 0.315. The Bertz CT molecular complexity index is 451. The molecule has 0 aromatic carbocycles. The smallest absolute Gasteiger partial charge is 0.308 e. The minimum atomic E-state index is -0.496. The van der Waals surface area contributed by atoms with Crippen LogP contribution in [0.4, 0.5) is 0 Å². The Morgan fingerprint density at radius 3 is 2.30 bits per heavy atom. The van der Waals surface area contributed by atoms with E-state index >= 15 is 0 Å². The van der Waals surface area contributed by atoms with Crippen LogP contribution < -0.4 is 10.6 Å². The van der Waals surface area contributed by atoms with Crippen LogP contribution in [-0.4, -0.2) is 62.1 Å². The normalized spacial score (nSPS) is 11.7. The van der Waals surface area contributed by atoms with Crippen molar-refractivity contribution in [2.75, 3.05) is 33.7 Å². The van der Waals surface area contributed by atoms with Gasteiger partial charge in [0, 0.05) is 27.2 Å². The third kappa shape index (κ3) is 12.2. The van der Waals surface area contributed by atoms with Crippen LogP contribution in [0.3, 0.4) is 0 Å². The number of hydrogen-bond donors (Lipinski definition) is 2. The molecule has 0 radical (unpaired) electrons. The Hall–Kier alpha value is -2.05. The van der Waals surface area contributed by atoms with Crippen LogP contribution in [0.1, 0.15) is 34.1 Å². The van der Waals surface area contributed by atoms with Gasteiger partial charge in [0.2, 0.25) is 5.91 Å². The maximum absolute atomic E-state index is 11.7. The van der Waals surface area contributed by atoms with Gasteiger partial charge in [-0.3, -0.25) is 9.59 Å². The minimum absolute atomic E-state index is 0.0327. The molecule has 23 heavy (non-hydrogen) atoms. The first-order valence-corrected chi connectivity index (χ1v) is 7.60. The van der Waals surface area contributed by atoms with Crippen LogP contribution in [0.5, 0.6) is 0 Å². The zero-order valence-electron chi connectivity index (χ0n) is 15.2. The molecular weight excluding hydrogens is 296 g/mol. The lowest BCUT2D eigenvalue weighted by molar-refractivity contribution is -0.154. The fourth-order valence-corrected chi connectivity index (χ4v) is 1.37. The molecule has 0 aromatic heterocycles. The fourth-order valence-electron chi connectivity index (χ4n) is 1.37. The maximum atomic E-state index is 11.7. The van der Waals surface area contributed by atoms with Gasteiger partial charge in [0.15, 0.2) is 5.96 Å². The van der Waals surface area contributed by atoms with E-state index in [1.807, 2.05) is 27.7 Å². The largest absolute Gasteiger partial charge is 0.460 e. The number of ether oxygens (including phenoxy) is 1. The molecule has 7 nitrogen and oxygen atoms in total. The Morgan fingerprint density at radius 2 is 1.83 bits per heavy atom. The predicted molar refractivity (Wildman–Crippen MR) is 92.3 cm³/mol. The van der Waals surface area contributed by atoms with Crippen LogP contribution in [0.25, 0.3) is 0 Å². The average Bonchev–Trinajstić information content (AvgIpc) is 2.38. The minimum Gasteiger partial charge on any atom is -0.460 e. The van der Waals surface area contributed by atoms with Crippen LogP contribution in [0.15, 0.2) is 17.1 Å². The molecule has 0 unspecified atom stereocenters. The van der Waals surface area contributed by atoms with E-state index in [2.05, 4.69) is 22.2 Å². The number of likely N-dealkylation sites (N-methyl/N-ethyl adjacent to an activating group) is 1. The molecule has 0 aromatic rings. The molecule has 132 valence electrons. The summed E-state index contributed by atoms with van der Waals surface area (Å²) in [5.41, 5.74) is 0.440. The molecule has 0 aliphatic rings. The highest BCUT2D eigenvalue weighted by Gasteiger charge is 2.15. The SMILES string of the molecule is C=C(C)CNC(=NCC(=O)N(C)C)NCCC(=O)OC(C)(C)C. The van der Waals surface area contributed by atoms with Crippen LogP contribution in [-0.2, 0) is 14.3 Å². The standard InChI is InChI=1S/C16H30N4O3/c1-12(2)10-18-15(19-11-13(21)20(6)7)17-9-8-14(22)23-16(3,4)5/h1,8-11H2,2-7H3,(H2,17,18,19). The van der Waals surface area contributed by atoms with Crippen molar-refractivity contribution in [1.82, 2.24) is 15.5 Å². The summed E-state index contributed by atoms with van der Waals surface area (Å²) in [5, 5.41) is 6.06. The molecule has 0 spiro atoms. The summed E-state index contributed by atoms with van der Waals surface area (Å²) in [4.78, 5) is 28.9. The van der Waals surface area contributed by atoms with Crippen molar-refractivity contribution < 1.29 is 14.3 Å². The van der Waals surface area contributed by atoms with Crippen molar-refractivity contribution in [2.24, 2.45) is 4.99 Å². The topological polar surface area (TPSA) is 83.0 Å². The van der Waals surface area contributed by atoms with Crippen molar-refractivity contribution in [3.05, 3.63) is 12.2 Å². The molecule has 0 aliphatic carbocycles. The third-order valence-electron chi connectivity index (χ3n) is 2.47. The van der Waals surface area contributed by atoms with E-state index in [1.165, 1.54) is 4.90 Å². The summed E-state index contributed by atoms with van der Waals surface area (Å²) in [5.74, 6) is 0.0777. The van der Waals surface area contributed by atoms with Gasteiger partial charge in [-0.25, -0.2) is 4.99 Å². The van der Waals surface area contributed by atoms with E-state index in [1.54, 1.807) is 14.1 Å². The number of guanidine groups is 1. The van der Waals surface area contributed by atoms with Gasteiger partial charge in [-0.05, 0) is 27.7 Å². The van der Waals surface area contributed by atoms with Gasteiger partial charge in [-0.1, -0.05) is 12.2 Å². The number of hydrogen-bond acceptors (Lipinski definition) is 4. The molecule has 0 saturated carbocycles. The lowest BCUT2D eigenvalue weighted by atomic mass is 10.2. The monoisotopic (exact) mass is 326 g/mol. The lowest BCUT2D eigenvalue weighted by Gasteiger charge is -2.19. The molecule has 0 fully saturated rings. The van der Waals surface area contributed by atoms with E-state index in [0.717, 1.165) is 5.57 Å². The first kappa shape index (κ1) is 20.9. The Labute approximate surface area is 139 Å². The van der Waals surface area contributed by atoms with Gasteiger partial charge in [0.1, 0.15) is 12.1 Å². The van der Waals surface area contributed by atoms with Gasteiger partial charge < -0.3 is 20.3 Å². The highest BCUT2D eigenvalue weighted by Crippen LogP contribution is 2.07. The second-order valence-corrected chi connectivity index (χ2v) is 6.53. The van der Waals surface area contributed by atoms with Gasteiger partial charge in [0.05, 0.1) is 6.42 Å². The highest BCUT2D eigenvalue weighted by molar-refractivity contribution is 5.85. The number of amides is 1. The number of rotatable bonds is 7. The summed E-state index contributed by atoms with van der Waals surface area (Å²) < 4.78 is 5.23. The van der Waals surface area contributed by atoms with Crippen LogP contribution in [0, 0.1) is 0 Å². The number of esters is 1. The first-order chi connectivity index (χ1) is 10.5. The second-order valence-electron chi connectivity index (χ2n) is 6.53. The van der Waals surface area contributed by atoms with E-state index in [4.69, 9.17) is 4.74 Å². The molecule has 2 N–H and O–H groups in total. The molecule has 7 heteroatoms. The first-order valence-electron chi connectivity index (χ1n) is 7.60. The number of carbonyl (C=O) groups is 2. The number of carbonyl (C=O) groups excluding carboxylic acids is 2. The van der Waals surface area contributed by atoms with Crippen molar-refractivity contribution >= 4 is 17.8 Å². The fraction of sp³-hybridized carbons (Fsp3) is 0.688. The highest BCUT2D eigenvalue weighted by atomic mass is 16.6. The van der Waals surface area contributed by atoms with E-state index in [-0.39, 0.29) is 24.8 Å². The van der Waals surface area contributed by atoms with Crippen molar-refractivity contribution in [3.63, 3.8) is 0 Å². The molecule has 0 rings (SSSR count). The molecule has 0 saturated heterocycles. The molecular formula is C16H30N4O3. The lowest BCUT2D eigenvalue weighted by Crippen LogP contribution is -2.40. The summed E-state index contributed by atoms with van der Waals surface area (Å²) in [6.07, 6.45) is 0.215. The molecule has 0 atom stereocenters. The Kier molecular flexibility index (Phi) is 8.98. The van der Waals surface area contributed by atoms with Gasteiger partial charge in [0.25, 0.3) is 0 Å². The zero-order valence-corrected chi connectivity index (χ0v) is 15.2. The molecule has 0 aliphatic heterocycles. The zero-order chi connectivity index (χ0) is 18.0. The number of nitrogens with one attached hydrogen (secondary N) is 2. The number of aliphatic imine (C=N–C) groups is 1. The summed E-state index contributed by atoms with van der Waals surface area (Å²) in [6, 6.07) is 0. The summed E-state index contributed by atoms with van der Waals surface area (Å²) in [7, 11) is 3.35. The van der Waals surface area contributed by atoms with E-state index in [0.29, 0.717) is 19.0 Å². The molecule has 0 heterocycles. The summed E-state index contributed by atoms with van der Waals surface area (Å²) in [6.45, 7) is 12.1. The van der Waals surface area contributed by atoms with Crippen molar-refractivity contribution in [1.29, 1.82) is 0 Å². The van der Waals surface area contributed by atoms with Gasteiger partial charge in [-0.2, -0.15) is 0 Å².